The molecule has 7 nitrogen and oxygen atoms in total. The van der Waals surface area contributed by atoms with Crippen LogP contribution in [-0.4, -0.2) is 38.3 Å². The van der Waals surface area contributed by atoms with Gasteiger partial charge in [0.05, 0.1) is 27.2 Å². The van der Waals surface area contributed by atoms with Crippen LogP contribution < -0.4 is 19.5 Å². The van der Waals surface area contributed by atoms with E-state index < -0.39 is 5.97 Å². The topological polar surface area (TPSA) is 94.1 Å². The molecule has 0 saturated heterocycles. The molecule has 0 aromatic heterocycles. The lowest BCUT2D eigenvalue weighted by atomic mass is 9.81. The minimum Gasteiger partial charge on any atom is -0.493 e. The monoisotopic (exact) mass is 337 g/mol. The number of carboxylic acid groups (broad SMARTS) is 1. The summed E-state index contributed by atoms with van der Waals surface area (Å²) in [7, 11) is 4.53. The van der Waals surface area contributed by atoms with E-state index in [2.05, 4.69) is 5.32 Å². The molecule has 1 aliphatic rings. The Balaban J connectivity index is 2.08. The molecular formula is C17H23NO6. The molecule has 1 saturated carbocycles. The Bertz CT molecular complexity index is 582. The molecule has 1 aromatic carbocycles. The summed E-state index contributed by atoms with van der Waals surface area (Å²) in [5.41, 5.74) is 0.551. The summed E-state index contributed by atoms with van der Waals surface area (Å²) < 4.78 is 15.8. The van der Waals surface area contributed by atoms with Crippen molar-refractivity contribution in [3.63, 3.8) is 0 Å². The average Bonchev–Trinajstić information content (AvgIpc) is 2.60. The van der Waals surface area contributed by atoms with Gasteiger partial charge in [0.2, 0.25) is 11.7 Å². The Hall–Kier alpha value is -2.44. The normalized spacial score (nSPS) is 20.1. The molecule has 2 N–H and O–H groups in total. The summed E-state index contributed by atoms with van der Waals surface area (Å²) in [6.45, 7) is 0. The largest absolute Gasteiger partial charge is 0.493 e. The average molecular weight is 337 g/mol. The van der Waals surface area contributed by atoms with Gasteiger partial charge in [-0.05, 0) is 25.7 Å². The van der Waals surface area contributed by atoms with Crippen molar-refractivity contribution < 1.29 is 28.9 Å². The first-order valence-electron chi connectivity index (χ1n) is 7.83. The number of aliphatic carboxylic acids is 1. The Labute approximate surface area is 140 Å². The molecule has 0 aliphatic heterocycles. The third-order valence-electron chi connectivity index (χ3n) is 4.38. The van der Waals surface area contributed by atoms with Crippen molar-refractivity contribution in [3.8, 4) is 17.2 Å². The molecule has 0 spiro atoms. The van der Waals surface area contributed by atoms with Crippen LogP contribution in [0.25, 0.3) is 0 Å². The van der Waals surface area contributed by atoms with Gasteiger partial charge in [0.25, 0.3) is 0 Å². The van der Waals surface area contributed by atoms with E-state index in [1.807, 2.05) is 0 Å². The SMILES string of the molecule is COc1cc(NC(=O)C2CCC(C(=O)O)CC2)cc(OC)c1OC. The lowest BCUT2D eigenvalue weighted by Crippen LogP contribution is -2.29. The molecule has 0 bridgehead atoms. The molecule has 2 rings (SSSR count). The predicted octanol–water partition coefficient (Wildman–Crippen LogP) is 2.54. The quantitative estimate of drug-likeness (QED) is 0.828. The number of hydrogen-bond donors (Lipinski definition) is 2. The highest BCUT2D eigenvalue weighted by Gasteiger charge is 2.30. The fourth-order valence-electron chi connectivity index (χ4n) is 3.00. The third kappa shape index (κ3) is 3.90. The summed E-state index contributed by atoms with van der Waals surface area (Å²) in [5, 5.41) is 11.9. The van der Waals surface area contributed by atoms with Gasteiger partial charge in [-0.1, -0.05) is 0 Å². The molecule has 0 atom stereocenters. The Kier molecular flexibility index (Phi) is 5.89. The van der Waals surface area contributed by atoms with Gasteiger partial charge in [0.1, 0.15) is 0 Å². The summed E-state index contributed by atoms with van der Waals surface area (Å²) in [4.78, 5) is 23.4. The number of ether oxygens (including phenoxy) is 3. The van der Waals surface area contributed by atoms with Crippen molar-refractivity contribution in [2.75, 3.05) is 26.6 Å². The molecule has 1 fully saturated rings. The van der Waals surface area contributed by atoms with Crippen LogP contribution in [0.5, 0.6) is 17.2 Å². The molecular weight excluding hydrogens is 314 g/mol. The van der Waals surface area contributed by atoms with Gasteiger partial charge in [-0.3, -0.25) is 9.59 Å². The maximum Gasteiger partial charge on any atom is 0.306 e. The lowest BCUT2D eigenvalue weighted by molar-refractivity contribution is -0.143. The molecule has 1 aromatic rings. The number of rotatable bonds is 6. The van der Waals surface area contributed by atoms with E-state index in [0.717, 1.165) is 0 Å². The van der Waals surface area contributed by atoms with E-state index >= 15 is 0 Å². The van der Waals surface area contributed by atoms with Crippen LogP contribution in [0.2, 0.25) is 0 Å². The van der Waals surface area contributed by atoms with Crippen LogP contribution in [0.1, 0.15) is 25.7 Å². The van der Waals surface area contributed by atoms with Crippen molar-refractivity contribution in [2.45, 2.75) is 25.7 Å². The maximum absolute atomic E-state index is 12.4. The van der Waals surface area contributed by atoms with Gasteiger partial charge in [-0.25, -0.2) is 0 Å². The second kappa shape index (κ2) is 7.90. The van der Waals surface area contributed by atoms with E-state index in [9.17, 15) is 9.59 Å². The van der Waals surface area contributed by atoms with E-state index in [-0.39, 0.29) is 17.7 Å². The molecule has 1 amide bonds. The zero-order chi connectivity index (χ0) is 17.7. The minimum atomic E-state index is -0.779. The first kappa shape index (κ1) is 17.9. The predicted molar refractivity (Wildman–Crippen MR) is 87.8 cm³/mol. The van der Waals surface area contributed by atoms with E-state index in [4.69, 9.17) is 19.3 Å². The van der Waals surface area contributed by atoms with Crippen molar-refractivity contribution in [2.24, 2.45) is 11.8 Å². The molecule has 1 aliphatic carbocycles. The molecule has 132 valence electrons. The molecule has 7 heteroatoms. The Morgan fingerprint density at radius 3 is 1.88 bits per heavy atom. The van der Waals surface area contributed by atoms with E-state index in [1.54, 1.807) is 12.1 Å². The smallest absolute Gasteiger partial charge is 0.306 e. The second-order valence-corrected chi connectivity index (χ2v) is 5.79. The number of anilines is 1. The summed E-state index contributed by atoms with van der Waals surface area (Å²) >= 11 is 0. The third-order valence-corrected chi connectivity index (χ3v) is 4.38. The molecule has 24 heavy (non-hydrogen) atoms. The fraction of sp³-hybridized carbons (Fsp3) is 0.529. The number of benzene rings is 1. The van der Waals surface area contributed by atoms with Crippen LogP contribution in [0.3, 0.4) is 0 Å². The van der Waals surface area contributed by atoms with Crippen LogP contribution >= 0.6 is 0 Å². The summed E-state index contributed by atoms with van der Waals surface area (Å²) in [5.74, 6) is -0.0371. The minimum absolute atomic E-state index is 0.117. The Morgan fingerprint density at radius 2 is 1.46 bits per heavy atom. The van der Waals surface area contributed by atoms with Crippen molar-refractivity contribution >= 4 is 17.6 Å². The lowest BCUT2D eigenvalue weighted by Gasteiger charge is -2.25. The van der Waals surface area contributed by atoms with Gasteiger partial charge in [-0.15, -0.1) is 0 Å². The van der Waals surface area contributed by atoms with Crippen LogP contribution in [0.15, 0.2) is 12.1 Å². The number of amides is 1. The Morgan fingerprint density at radius 1 is 0.958 bits per heavy atom. The number of hydrogen-bond acceptors (Lipinski definition) is 5. The fourth-order valence-corrected chi connectivity index (χ4v) is 3.00. The number of carbonyl (C=O) groups is 2. The first-order valence-corrected chi connectivity index (χ1v) is 7.83. The summed E-state index contributed by atoms with van der Waals surface area (Å²) in [6, 6.07) is 3.34. The van der Waals surface area contributed by atoms with Crippen molar-refractivity contribution in [3.05, 3.63) is 12.1 Å². The zero-order valence-corrected chi connectivity index (χ0v) is 14.1. The highest BCUT2D eigenvalue weighted by atomic mass is 16.5. The van der Waals surface area contributed by atoms with E-state index in [0.29, 0.717) is 48.6 Å². The van der Waals surface area contributed by atoms with Gasteiger partial charge in [-0.2, -0.15) is 0 Å². The molecule has 0 heterocycles. The van der Waals surface area contributed by atoms with Crippen LogP contribution in [0, 0.1) is 11.8 Å². The van der Waals surface area contributed by atoms with Gasteiger partial charge < -0.3 is 24.6 Å². The number of carboxylic acids is 1. The summed E-state index contributed by atoms with van der Waals surface area (Å²) in [6.07, 6.45) is 2.21. The highest BCUT2D eigenvalue weighted by Crippen LogP contribution is 2.40. The van der Waals surface area contributed by atoms with Crippen molar-refractivity contribution in [1.82, 2.24) is 0 Å². The molecule has 0 unspecified atom stereocenters. The maximum atomic E-state index is 12.4. The van der Waals surface area contributed by atoms with Crippen molar-refractivity contribution in [1.29, 1.82) is 0 Å². The first-order chi connectivity index (χ1) is 11.5. The highest BCUT2D eigenvalue weighted by molar-refractivity contribution is 5.93. The van der Waals surface area contributed by atoms with Gasteiger partial charge in [0.15, 0.2) is 11.5 Å². The molecule has 0 radical (unpaired) electrons. The number of nitrogens with one attached hydrogen (secondary N) is 1. The standard InChI is InChI=1S/C17H23NO6/c1-22-13-8-12(9-14(23-2)15(13)24-3)18-16(19)10-4-6-11(7-5-10)17(20)21/h8-11H,4-7H2,1-3H3,(H,18,19)(H,20,21). The van der Waals surface area contributed by atoms with Gasteiger partial charge >= 0.3 is 5.97 Å². The van der Waals surface area contributed by atoms with Crippen LogP contribution in [0.4, 0.5) is 5.69 Å². The number of methoxy groups -OCH3 is 3. The van der Waals surface area contributed by atoms with Crippen LogP contribution in [-0.2, 0) is 9.59 Å². The zero-order valence-electron chi connectivity index (χ0n) is 14.1. The van der Waals surface area contributed by atoms with Gasteiger partial charge in [0, 0.05) is 23.7 Å². The van der Waals surface area contributed by atoms with E-state index in [1.165, 1.54) is 21.3 Å². The second-order valence-electron chi connectivity index (χ2n) is 5.79. The number of carbonyl (C=O) groups excluding carboxylic acids is 1.